The molecular formula is C15H15N3S. The molecular weight excluding hydrogens is 254 g/mol. The highest BCUT2D eigenvalue weighted by Gasteiger charge is 2.05. The highest BCUT2D eigenvalue weighted by Crippen LogP contribution is 2.22. The second kappa shape index (κ2) is 5.28. The van der Waals surface area contributed by atoms with Crippen LogP contribution in [-0.4, -0.2) is 9.55 Å². The van der Waals surface area contributed by atoms with Crippen LogP contribution in [0.5, 0.6) is 0 Å². The zero-order valence-electron chi connectivity index (χ0n) is 10.5. The molecule has 3 nitrogen and oxygen atoms in total. The van der Waals surface area contributed by atoms with Gasteiger partial charge in [-0.25, -0.2) is 4.98 Å². The maximum Gasteiger partial charge on any atom is 0.0951 e. The van der Waals surface area contributed by atoms with E-state index in [1.165, 1.54) is 16.8 Å². The van der Waals surface area contributed by atoms with E-state index < -0.39 is 0 Å². The smallest absolute Gasteiger partial charge is 0.0951 e. The second-order valence-electron chi connectivity index (χ2n) is 4.48. The van der Waals surface area contributed by atoms with E-state index in [0.29, 0.717) is 0 Å². The molecule has 3 rings (SSSR count). The molecule has 2 aromatic heterocycles. The third kappa shape index (κ3) is 2.69. The maximum absolute atomic E-state index is 5.69. The number of nitrogens with zero attached hydrogens (tertiary/aromatic N) is 2. The number of aromatic nitrogens is 2. The third-order valence-corrected chi connectivity index (χ3v) is 3.83. The van der Waals surface area contributed by atoms with Crippen LogP contribution in [0.4, 0.5) is 5.69 Å². The zero-order valence-corrected chi connectivity index (χ0v) is 11.3. The molecule has 2 heterocycles. The van der Waals surface area contributed by atoms with Crippen molar-refractivity contribution in [3.8, 4) is 11.3 Å². The van der Waals surface area contributed by atoms with Gasteiger partial charge in [0, 0.05) is 23.2 Å². The summed E-state index contributed by atoms with van der Waals surface area (Å²) in [5.74, 6) is 0. The average molecular weight is 269 g/mol. The highest BCUT2D eigenvalue weighted by molar-refractivity contribution is 7.08. The van der Waals surface area contributed by atoms with Crippen LogP contribution in [0.1, 0.15) is 5.56 Å². The van der Waals surface area contributed by atoms with E-state index in [0.717, 1.165) is 18.7 Å². The van der Waals surface area contributed by atoms with Crippen molar-refractivity contribution in [2.45, 2.75) is 13.0 Å². The van der Waals surface area contributed by atoms with Gasteiger partial charge in [0.05, 0.1) is 18.2 Å². The molecule has 0 unspecified atom stereocenters. The molecule has 19 heavy (non-hydrogen) atoms. The minimum atomic E-state index is 0.811. The molecule has 0 radical (unpaired) electrons. The summed E-state index contributed by atoms with van der Waals surface area (Å²) in [6.07, 6.45) is 4.79. The summed E-state index contributed by atoms with van der Waals surface area (Å²) >= 11 is 1.71. The van der Waals surface area contributed by atoms with Crippen molar-refractivity contribution in [2.24, 2.45) is 0 Å². The van der Waals surface area contributed by atoms with Crippen LogP contribution in [0, 0.1) is 0 Å². The Bertz CT molecular complexity index is 638. The van der Waals surface area contributed by atoms with Gasteiger partial charge in [-0.2, -0.15) is 11.3 Å². The number of thiophene rings is 1. The Morgan fingerprint density at radius 3 is 2.74 bits per heavy atom. The standard InChI is InChI=1S/C15H15N3S/c16-14-3-1-12(2-4-14)5-7-18-11-17-9-15(18)13-6-8-19-10-13/h1-4,6,8-11H,5,7,16H2. The van der Waals surface area contributed by atoms with Crippen molar-refractivity contribution in [3.05, 3.63) is 59.2 Å². The molecule has 0 aliphatic carbocycles. The maximum atomic E-state index is 5.69. The van der Waals surface area contributed by atoms with Gasteiger partial charge < -0.3 is 10.3 Å². The number of hydrogen-bond acceptors (Lipinski definition) is 3. The van der Waals surface area contributed by atoms with Gasteiger partial charge in [-0.05, 0) is 35.6 Å². The first-order chi connectivity index (χ1) is 9.33. The Morgan fingerprint density at radius 2 is 2.00 bits per heavy atom. The highest BCUT2D eigenvalue weighted by atomic mass is 32.1. The van der Waals surface area contributed by atoms with Crippen molar-refractivity contribution < 1.29 is 0 Å². The van der Waals surface area contributed by atoms with Gasteiger partial charge in [0.1, 0.15) is 0 Å². The topological polar surface area (TPSA) is 43.8 Å². The Kier molecular flexibility index (Phi) is 3.33. The summed E-state index contributed by atoms with van der Waals surface area (Å²) in [7, 11) is 0. The fraction of sp³-hybridized carbons (Fsp3) is 0.133. The van der Waals surface area contributed by atoms with Crippen LogP contribution in [0.2, 0.25) is 0 Å². The van der Waals surface area contributed by atoms with E-state index >= 15 is 0 Å². The van der Waals surface area contributed by atoms with Gasteiger partial charge in [0.15, 0.2) is 0 Å². The average Bonchev–Trinajstić information content (AvgIpc) is 3.08. The van der Waals surface area contributed by atoms with Crippen molar-refractivity contribution >= 4 is 17.0 Å². The number of aryl methyl sites for hydroxylation is 2. The summed E-state index contributed by atoms with van der Waals surface area (Å²) in [6.45, 7) is 0.926. The molecule has 0 aliphatic heterocycles. The zero-order chi connectivity index (χ0) is 13.1. The molecule has 0 spiro atoms. The Morgan fingerprint density at radius 1 is 1.16 bits per heavy atom. The third-order valence-electron chi connectivity index (χ3n) is 3.15. The second-order valence-corrected chi connectivity index (χ2v) is 5.26. The van der Waals surface area contributed by atoms with Crippen molar-refractivity contribution in [2.75, 3.05) is 5.73 Å². The molecule has 0 aliphatic rings. The summed E-state index contributed by atoms with van der Waals surface area (Å²) in [6, 6.07) is 10.2. The number of anilines is 1. The Balaban J connectivity index is 1.74. The van der Waals surface area contributed by atoms with E-state index in [9.17, 15) is 0 Å². The molecule has 4 heteroatoms. The predicted molar refractivity (Wildman–Crippen MR) is 80.1 cm³/mol. The molecule has 0 amide bonds. The lowest BCUT2D eigenvalue weighted by Gasteiger charge is -2.07. The number of hydrogen-bond donors (Lipinski definition) is 1. The molecule has 96 valence electrons. The van der Waals surface area contributed by atoms with Gasteiger partial charge in [-0.3, -0.25) is 0 Å². The first kappa shape index (κ1) is 12.0. The van der Waals surface area contributed by atoms with Crippen LogP contribution in [-0.2, 0) is 13.0 Å². The first-order valence-corrected chi connectivity index (χ1v) is 7.14. The van der Waals surface area contributed by atoms with Crippen LogP contribution >= 0.6 is 11.3 Å². The molecule has 3 aromatic rings. The number of nitrogen functional groups attached to an aromatic ring is 1. The van der Waals surface area contributed by atoms with Crippen molar-refractivity contribution in [1.82, 2.24) is 9.55 Å². The minimum absolute atomic E-state index is 0.811. The number of rotatable bonds is 4. The van der Waals surface area contributed by atoms with Crippen molar-refractivity contribution in [1.29, 1.82) is 0 Å². The first-order valence-electron chi connectivity index (χ1n) is 6.20. The van der Waals surface area contributed by atoms with Crippen molar-refractivity contribution in [3.63, 3.8) is 0 Å². The number of nitrogens with two attached hydrogens (primary N) is 1. The van der Waals surface area contributed by atoms with E-state index in [2.05, 4.69) is 38.5 Å². The van der Waals surface area contributed by atoms with Gasteiger partial charge in [-0.1, -0.05) is 12.1 Å². The molecule has 0 saturated heterocycles. The van der Waals surface area contributed by atoms with E-state index in [1.54, 1.807) is 11.3 Å². The Hall–Kier alpha value is -2.07. The summed E-state index contributed by atoms with van der Waals surface area (Å²) in [4.78, 5) is 4.25. The molecule has 2 N–H and O–H groups in total. The quantitative estimate of drug-likeness (QED) is 0.737. The number of benzene rings is 1. The molecule has 1 aromatic carbocycles. The molecule has 0 atom stereocenters. The fourth-order valence-corrected chi connectivity index (χ4v) is 2.73. The molecule has 0 fully saturated rings. The van der Waals surface area contributed by atoms with Gasteiger partial charge in [0.25, 0.3) is 0 Å². The van der Waals surface area contributed by atoms with E-state index in [4.69, 9.17) is 5.73 Å². The lowest BCUT2D eigenvalue weighted by atomic mass is 10.1. The van der Waals surface area contributed by atoms with Crippen LogP contribution in [0.3, 0.4) is 0 Å². The van der Waals surface area contributed by atoms with Crippen LogP contribution < -0.4 is 5.73 Å². The lowest BCUT2D eigenvalue weighted by Crippen LogP contribution is -2.01. The normalized spacial score (nSPS) is 10.7. The minimum Gasteiger partial charge on any atom is -0.399 e. The summed E-state index contributed by atoms with van der Waals surface area (Å²) in [5, 5.41) is 4.24. The monoisotopic (exact) mass is 269 g/mol. The van der Waals surface area contributed by atoms with E-state index in [-0.39, 0.29) is 0 Å². The largest absolute Gasteiger partial charge is 0.399 e. The van der Waals surface area contributed by atoms with Gasteiger partial charge in [0.2, 0.25) is 0 Å². The molecule has 0 bridgehead atoms. The summed E-state index contributed by atoms with van der Waals surface area (Å²) in [5.41, 5.74) is 10.2. The summed E-state index contributed by atoms with van der Waals surface area (Å²) < 4.78 is 2.19. The van der Waals surface area contributed by atoms with Gasteiger partial charge in [-0.15, -0.1) is 0 Å². The van der Waals surface area contributed by atoms with Crippen LogP contribution in [0.15, 0.2) is 53.6 Å². The number of imidazole rings is 1. The van der Waals surface area contributed by atoms with Crippen LogP contribution in [0.25, 0.3) is 11.3 Å². The molecule has 0 saturated carbocycles. The van der Waals surface area contributed by atoms with Gasteiger partial charge >= 0.3 is 0 Å². The van der Waals surface area contributed by atoms with E-state index in [1.807, 2.05) is 24.7 Å². The Labute approximate surface area is 116 Å². The lowest BCUT2D eigenvalue weighted by molar-refractivity contribution is 0.702. The predicted octanol–water partition coefficient (Wildman–Crippen LogP) is 3.44. The SMILES string of the molecule is Nc1ccc(CCn2cncc2-c2ccsc2)cc1. The fourth-order valence-electron chi connectivity index (χ4n) is 2.08.